The summed E-state index contributed by atoms with van der Waals surface area (Å²) in [4.78, 5) is 11.8. The van der Waals surface area contributed by atoms with Crippen LogP contribution in [0.5, 0.6) is 0 Å². The number of rotatable bonds is 7. The van der Waals surface area contributed by atoms with E-state index in [-0.39, 0.29) is 22.3 Å². The second kappa shape index (κ2) is 7.37. The van der Waals surface area contributed by atoms with Gasteiger partial charge in [0.05, 0.1) is 5.69 Å². The van der Waals surface area contributed by atoms with Crippen LogP contribution in [0.2, 0.25) is 0 Å². The molecule has 1 heterocycles. The normalized spacial score (nSPS) is 14.7. The van der Waals surface area contributed by atoms with Crippen LogP contribution < -0.4 is 5.32 Å². The maximum absolute atomic E-state index is 12.1. The lowest BCUT2D eigenvalue weighted by molar-refractivity contribution is 0.0931. The number of hydrogen-bond donors (Lipinski definition) is 2. The molecular weight excluding hydrogens is 338 g/mol. The Hall–Kier alpha value is -0.930. The first kappa shape index (κ1) is 18.1. The number of hydrogen-bond acceptors (Lipinski definition) is 5. The minimum atomic E-state index is -4.07. The van der Waals surface area contributed by atoms with E-state index in [0.29, 0.717) is 18.6 Å². The van der Waals surface area contributed by atoms with Crippen LogP contribution in [-0.2, 0) is 26.3 Å². The molecule has 2 atom stereocenters. The number of nitrogens with one attached hydrogen (secondary N) is 2. The van der Waals surface area contributed by atoms with Crippen LogP contribution >= 0.6 is 10.7 Å². The second-order valence-corrected chi connectivity index (χ2v) is 8.67. The molecule has 0 saturated carbocycles. The minimum Gasteiger partial charge on any atom is -0.348 e. The van der Waals surface area contributed by atoms with Gasteiger partial charge in [-0.3, -0.25) is 14.1 Å². The van der Waals surface area contributed by atoms with E-state index in [0.717, 1.165) is 0 Å². The van der Waals surface area contributed by atoms with Gasteiger partial charge in [0.1, 0.15) is 4.90 Å². The Balaban J connectivity index is 2.93. The van der Waals surface area contributed by atoms with Crippen LogP contribution in [0.1, 0.15) is 36.5 Å². The number of carbonyl (C=O) groups excluding carboxylic acids is 1. The molecule has 120 valence electrons. The summed E-state index contributed by atoms with van der Waals surface area (Å²) in [6.45, 7) is 3.47. The number of H-pyrrole nitrogens is 1. The van der Waals surface area contributed by atoms with E-state index in [1.54, 1.807) is 20.1 Å². The lowest BCUT2D eigenvalue weighted by atomic mass is 10.2. The number of halogens is 1. The van der Waals surface area contributed by atoms with Gasteiger partial charge in [0.15, 0.2) is 5.69 Å². The molecule has 21 heavy (non-hydrogen) atoms. The van der Waals surface area contributed by atoms with Crippen molar-refractivity contribution in [3.63, 3.8) is 0 Å². The van der Waals surface area contributed by atoms with Crippen LogP contribution in [0.3, 0.4) is 0 Å². The molecule has 0 bridgehead atoms. The fourth-order valence-corrected chi connectivity index (χ4v) is 3.77. The molecule has 1 rings (SSSR count). The van der Waals surface area contributed by atoms with Crippen molar-refractivity contribution in [3.8, 4) is 0 Å². The van der Waals surface area contributed by atoms with Gasteiger partial charge in [-0.15, -0.1) is 0 Å². The van der Waals surface area contributed by atoms with Crippen LogP contribution in [-0.4, -0.2) is 46.8 Å². The second-order valence-electron chi connectivity index (χ2n) is 4.61. The van der Waals surface area contributed by atoms with Gasteiger partial charge in [0.25, 0.3) is 15.0 Å². The highest BCUT2D eigenvalue weighted by Crippen LogP contribution is 2.23. The lowest BCUT2D eigenvalue weighted by Gasteiger charge is -2.12. The van der Waals surface area contributed by atoms with Crippen molar-refractivity contribution in [2.24, 2.45) is 0 Å². The van der Waals surface area contributed by atoms with Crippen molar-refractivity contribution in [2.75, 3.05) is 12.0 Å². The average Bonchev–Trinajstić information content (AvgIpc) is 2.80. The molecule has 0 fully saturated rings. The summed E-state index contributed by atoms with van der Waals surface area (Å²) in [5.74, 6) is -0.178. The highest BCUT2D eigenvalue weighted by atomic mass is 35.7. The molecule has 2 N–H and O–H groups in total. The molecule has 0 aromatic carbocycles. The van der Waals surface area contributed by atoms with Crippen molar-refractivity contribution in [1.29, 1.82) is 0 Å². The Kier molecular flexibility index (Phi) is 6.36. The average molecular weight is 356 g/mol. The number of aromatic amines is 1. The van der Waals surface area contributed by atoms with Crippen molar-refractivity contribution in [3.05, 3.63) is 11.4 Å². The first-order chi connectivity index (χ1) is 9.66. The number of aromatic nitrogens is 2. The lowest BCUT2D eigenvalue weighted by Crippen LogP contribution is -2.34. The predicted molar refractivity (Wildman–Crippen MR) is 81.5 cm³/mol. The topological polar surface area (TPSA) is 109 Å². The molecule has 1 aromatic rings. The van der Waals surface area contributed by atoms with E-state index in [1.807, 2.05) is 0 Å². The molecule has 0 spiro atoms. The summed E-state index contributed by atoms with van der Waals surface area (Å²) in [7, 11) is 0.343. The maximum atomic E-state index is 12.1. The van der Waals surface area contributed by atoms with E-state index >= 15 is 0 Å². The largest absolute Gasteiger partial charge is 0.348 e. The molecule has 0 aliphatic carbocycles. The van der Waals surface area contributed by atoms with Crippen molar-refractivity contribution in [1.82, 2.24) is 15.5 Å². The van der Waals surface area contributed by atoms with E-state index in [4.69, 9.17) is 10.7 Å². The Morgan fingerprint density at radius 1 is 1.52 bits per heavy atom. The molecule has 1 amide bonds. The highest BCUT2D eigenvalue weighted by molar-refractivity contribution is 8.13. The molecule has 1 aromatic heterocycles. The molecule has 0 radical (unpaired) electrons. The fraction of sp³-hybridized carbons (Fsp3) is 0.636. The molecular formula is C11H18ClN3O4S2. The van der Waals surface area contributed by atoms with Gasteiger partial charge in [-0.05, 0) is 19.8 Å². The van der Waals surface area contributed by atoms with Crippen molar-refractivity contribution in [2.45, 2.75) is 37.6 Å². The van der Waals surface area contributed by atoms with Gasteiger partial charge < -0.3 is 5.32 Å². The van der Waals surface area contributed by atoms with Gasteiger partial charge in [-0.25, -0.2) is 8.42 Å². The van der Waals surface area contributed by atoms with Gasteiger partial charge in [0, 0.05) is 39.5 Å². The standard InChI is InChI=1S/C11H18ClN3O4S2/c1-4-8-10(21(12,18)19)9(15-14-8)11(16)13-7(2)5-6-20(3)17/h7H,4-6H2,1-3H3,(H,13,16)(H,14,15). The van der Waals surface area contributed by atoms with Crippen LogP contribution in [0, 0.1) is 0 Å². The molecule has 0 saturated heterocycles. The molecule has 0 aliphatic heterocycles. The summed E-state index contributed by atoms with van der Waals surface area (Å²) in [6, 6.07) is -0.256. The third-order valence-corrected chi connectivity index (χ3v) is 5.02. The summed E-state index contributed by atoms with van der Waals surface area (Å²) < 4.78 is 34.2. The van der Waals surface area contributed by atoms with E-state index < -0.39 is 25.8 Å². The van der Waals surface area contributed by atoms with Gasteiger partial charge in [-0.2, -0.15) is 5.10 Å². The zero-order valence-electron chi connectivity index (χ0n) is 12.0. The monoisotopic (exact) mass is 355 g/mol. The van der Waals surface area contributed by atoms with Crippen LogP contribution in [0.25, 0.3) is 0 Å². The molecule has 2 unspecified atom stereocenters. The summed E-state index contributed by atoms with van der Waals surface area (Å²) in [5.41, 5.74) is 0.0452. The highest BCUT2D eigenvalue weighted by Gasteiger charge is 2.28. The van der Waals surface area contributed by atoms with E-state index in [2.05, 4.69) is 15.5 Å². The fourth-order valence-electron chi connectivity index (χ4n) is 1.73. The zero-order valence-corrected chi connectivity index (χ0v) is 14.4. The van der Waals surface area contributed by atoms with Gasteiger partial charge in [0.2, 0.25) is 0 Å². The first-order valence-electron chi connectivity index (χ1n) is 6.29. The summed E-state index contributed by atoms with van der Waals surface area (Å²) >= 11 is 0. The predicted octanol–water partition coefficient (Wildman–Crippen LogP) is 0.786. The summed E-state index contributed by atoms with van der Waals surface area (Å²) in [5, 5.41) is 8.88. The third-order valence-electron chi connectivity index (χ3n) is 2.82. The summed E-state index contributed by atoms with van der Waals surface area (Å²) in [6.07, 6.45) is 2.45. The number of amides is 1. The van der Waals surface area contributed by atoms with Gasteiger partial charge in [-0.1, -0.05) is 6.92 Å². The molecule has 10 heteroatoms. The molecule has 0 aliphatic rings. The molecule has 7 nitrogen and oxygen atoms in total. The van der Waals surface area contributed by atoms with E-state index in [9.17, 15) is 17.4 Å². The van der Waals surface area contributed by atoms with Crippen molar-refractivity contribution < 1.29 is 17.4 Å². The Morgan fingerprint density at radius 3 is 2.62 bits per heavy atom. The van der Waals surface area contributed by atoms with Crippen LogP contribution in [0.4, 0.5) is 0 Å². The van der Waals surface area contributed by atoms with Gasteiger partial charge >= 0.3 is 0 Å². The quantitative estimate of drug-likeness (QED) is 0.703. The van der Waals surface area contributed by atoms with Crippen molar-refractivity contribution >= 4 is 36.4 Å². The zero-order chi connectivity index (χ0) is 16.2. The SMILES string of the molecule is CCc1[nH]nc(C(=O)NC(C)CCS(C)=O)c1S(=O)(=O)Cl. The van der Waals surface area contributed by atoms with E-state index in [1.165, 1.54) is 0 Å². The maximum Gasteiger partial charge on any atom is 0.273 e. The number of aryl methyl sites for hydroxylation is 1. The first-order valence-corrected chi connectivity index (χ1v) is 10.3. The Bertz CT molecular complexity index is 642. The minimum absolute atomic E-state index is 0.244. The number of nitrogens with zero attached hydrogens (tertiary/aromatic N) is 1. The Labute approximate surface area is 130 Å². The smallest absolute Gasteiger partial charge is 0.273 e. The third kappa shape index (κ3) is 5.08. The Morgan fingerprint density at radius 2 is 2.14 bits per heavy atom. The number of carbonyl (C=O) groups is 1. The van der Waals surface area contributed by atoms with Crippen LogP contribution in [0.15, 0.2) is 4.90 Å².